The van der Waals surface area contributed by atoms with Gasteiger partial charge < -0.3 is 20.1 Å². The van der Waals surface area contributed by atoms with E-state index in [-0.39, 0.29) is 0 Å². The fraction of sp³-hybridized carbons (Fsp3) is 0.500. The van der Waals surface area contributed by atoms with Gasteiger partial charge in [-0.15, -0.1) is 0 Å². The van der Waals surface area contributed by atoms with E-state index in [1.54, 1.807) is 21.3 Å². The van der Waals surface area contributed by atoms with E-state index in [9.17, 15) is 0 Å². The highest BCUT2D eigenvalue weighted by Crippen LogP contribution is 2.30. The van der Waals surface area contributed by atoms with Gasteiger partial charge in [-0.25, -0.2) is 0 Å². The Labute approximate surface area is 115 Å². The molecule has 1 rings (SSSR count). The Morgan fingerprint density at radius 2 is 2.00 bits per heavy atom. The highest BCUT2D eigenvalue weighted by Gasteiger charge is 2.09. The third kappa shape index (κ3) is 4.35. The number of guanidine groups is 1. The van der Waals surface area contributed by atoms with Crippen LogP contribution < -0.4 is 20.1 Å². The van der Waals surface area contributed by atoms with Crippen LogP contribution >= 0.6 is 0 Å². The van der Waals surface area contributed by atoms with Gasteiger partial charge in [0.1, 0.15) is 0 Å². The van der Waals surface area contributed by atoms with Gasteiger partial charge >= 0.3 is 0 Å². The lowest BCUT2D eigenvalue weighted by Gasteiger charge is -2.15. The molecule has 0 spiro atoms. The van der Waals surface area contributed by atoms with Gasteiger partial charge in [-0.05, 0) is 12.5 Å². The fourth-order valence-corrected chi connectivity index (χ4v) is 1.74. The molecule has 0 heterocycles. The van der Waals surface area contributed by atoms with Crippen LogP contribution in [-0.4, -0.2) is 33.8 Å². The maximum absolute atomic E-state index is 5.39. The number of aliphatic imine (C=N–C) groups is 1. The first-order valence-electron chi connectivity index (χ1n) is 6.41. The maximum atomic E-state index is 5.39. The molecule has 0 saturated carbocycles. The molecule has 0 aliphatic carbocycles. The molecule has 1 aromatic rings. The van der Waals surface area contributed by atoms with E-state index in [4.69, 9.17) is 9.47 Å². The monoisotopic (exact) mass is 265 g/mol. The summed E-state index contributed by atoms with van der Waals surface area (Å²) in [5, 5.41) is 6.47. The molecule has 0 amide bonds. The fourth-order valence-electron chi connectivity index (χ4n) is 1.74. The van der Waals surface area contributed by atoms with Crippen molar-refractivity contribution in [3.8, 4) is 11.5 Å². The smallest absolute Gasteiger partial charge is 0.191 e. The molecule has 0 radical (unpaired) electrons. The average Bonchev–Trinajstić information content (AvgIpc) is 2.46. The predicted molar refractivity (Wildman–Crippen MR) is 78.0 cm³/mol. The molecule has 0 saturated heterocycles. The number of para-hydroxylation sites is 1. The zero-order valence-electron chi connectivity index (χ0n) is 12.1. The summed E-state index contributed by atoms with van der Waals surface area (Å²) in [4.78, 5) is 4.16. The van der Waals surface area contributed by atoms with Crippen LogP contribution in [0.3, 0.4) is 0 Å². The van der Waals surface area contributed by atoms with Crippen molar-refractivity contribution in [2.24, 2.45) is 4.99 Å². The molecule has 0 aromatic heterocycles. The third-order valence-corrected chi connectivity index (χ3v) is 2.70. The van der Waals surface area contributed by atoms with Crippen molar-refractivity contribution in [2.75, 3.05) is 27.8 Å². The van der Waals surface area contributed by atoms with Gasteiger partial charge in [0.05, 0.1) is 14.2 Å². The number of ether oxygens (including phenoxy) is 2. The van der Waals surface area contributed by atoms with Gasteiger partial charge in [0.2, 0.25) is 0 Å². The van der Waals surface area contributed by atoms with Crippen LogP contribution in [0.4, 0.5) is 0 Å². The predicted octanol–water partition coefficient (Wildman–Crippen LogP) is 1.78. The minimum atomic E-state index is 0.629. The van der Waals surface area contributed by atoms with Gasteiger partial charge in [-0.3, -0.25) is 4.99 Å². The standard InChI is InChI=1S/C14H23N3O2/c1-5-9-16-14(15-2)17-10-11-7-6-8-12(18-3)13(11)19-4/h6-8H,5,9-10H2,1-4H3,(H2,15,16,17). The van der Waals surface area contributed by atoms with Crippen molar-refractivity contribution in [3.05, 3.63) is 23.8 Å². The first-order valence-corrected chi connectivity index (χ1v) is 6.41. The van der Waals surface area contributed by atoms with Crippen molar-refractivity contribution in [2.45, 2.75) is 19.9 Å². The SMILES string of the molecule is CCCNC(=NC)NCc1cccc(OC)c1OC. The second kappa shape index (κ2) is 8.24. The molecule has 0 aliphatic rings. The molecule has 2 N–H and O–H groups in total. The number of rotatable bonds is 6. The second-order valence-electron chi connectivity index (χ2n) is 4.01. The molecule has 0 unspecified atom stereocenters. The highest BCUT2D eigenvalue weighted by atomic mass is 16.5. The normalized spacial score (nSPS) is 11.1. The van der Waals surface area contributed by atoms with Crippen molar-refractivity contribution in [1.82, 2.24) is 10.6 Å². The van der Waals surface area contributed by atoms with Crippen LogP contribution in [0.5, 0.6) is 11.5 Å². The number of nitrogens with zero attached hydrogens (tertiary/aromatic N) is 1. The quantitative estimate of drug-likeness (QED) is 0.608. The summed E-state index contributed by atoms with van der Waals surface area (Å²) in [5.74, 6) is 2.27. The molecule has 1 aromatic carbocycles. The Bertz CT molecular complexity index is 419. The largest absolute Gasteiger partial charge is 0.493 e. The van der Waals surface area contributed by atoms with Crippen molar-refractivity contribution >= 4 is 5.96 Å². The Balaban J connectivity index is 2.71. The molecule has 0 fully saturated rings. The van der Waals surface area contributed by atoms with Crippen LogP contribution in [0.25, 0.3) is 0 Å². The Morgan fingerprint density at radius 3 is 2.58 bits per heavy atom. The summed E-state index contributed by atoms with van der Waals surface area (Å²) >= 11 is 0. The lowest BCUT2D eigenvalue weighted by Crippen LogP contribution is -2.37. The van der Waals surface area contributed by atoms with Crippen LogP contribution in [-0.2, 0) is 6.54 Å². The second-order valence-corrected chi connectivity index (χ2v) is 4.01. The molecule has 0 bridgehead atoms. The summed E-state index contributed by atoms with van der Waals surface area (Å²) < 4.78 is 10.7. The summed E-state index contributed by atoms with van der Waals surface area (Å²) in [5.41, 5.74) is 1.03. The molecular weight excluding hydrogens is 242 g/mol. The number of methoxy groups -OCH3 is 2. The molecule has 5 nitrogen and oxygen atoms in total. The van der Waals surface area contributed by atoms with Crippen LogP contribution in [0, 0.1) is 0 Å². The van der Waals surface area contributed by atoms with Gasteiger partial charge in [0.25, 0.3) is 0 Å². The number of hydrogen-bond donors (Lipinski definition) is 2. The third-order valence-electron chi connectivity index (χ3n) is 2.70. The topological polar surface area (TPSA) is 54.9 Å². The van der Waals surface area contributed by atoms with E-state index in [0.29, 0.717) is 6.54 Å². The molecular formula is C14H23N3O2. The van der Waals surface area contributed by atoms with E-state index in [0.717, 1.165) is 36.0 Å². The maximum Gasteiger partial charge on any atom is 0.191 e. The zero-order valence-corrected chi connectivity index (χ0v) is 12.1. The van der Waals surface area contributed by atoms with Crippen molar-refractivity contribution in [1.29, 1.82) is 0 Å². The first-order chi connectivity index (χ1) is 9.26. The molecule has 5 heteroatoms. The Hall–Kier alpha value is -1.91. The number of nitrogens with one attached hydrogen (secondary N) is 2. The zero-order chi connectivity index (χ0) is 14.1. The highest BCUT2D eigenvalue weighted by molar-refractivity contribution is 5.79. The summed E-state index contributed by atoms with van der Waals surface area (Å²) in [6.07, 6.45) is 1.06. The van der Waals surface area contributed by atoms with Gasteiger partial charge in [0.15, 0.2) is 17.5 Å². The number of hydrogen-bond acceptors (Lipinski definition) is 3. The van der Waals surface area contributed by atoms with Gasteiger partial charge in [0, 0.05) is 25.7 Å². The van der Waals surface area contributed by atoms with E-state index in [1.807, 2.05) is 18.2 Å². The first kappa shape index (κ1) is 15.1. The van der Waals surface area contributed by atoms with Crippen LogP contribution in [0.2, 0.25) is 0 Å². The van der Waals surface area contributed by atoms with E-state index in [2.05, 4.69) is 22.5 Å². The molecule has 19 heavy (non-hydrogen) atoms. The average molecular weight is 265 g/mol. The van der Waals surface area contributed by atoms with E-state index < -0.39 is 0 Å². The lowest BCUT2D eigenvalue weighted by atomic mass is 10.2. The Morgan fingerprint density at radius 1 is 1.21 bits per heavy atom. The molecule has 0 atom stereocenters. The minimum Gasteiger partial charge on any atom is -0.493 e. The van der Waals surface area contributed by atoms with Crippen LogP contribution in [0.15, 0.2) is 23.2 Å². The van der Waals surface area contributed by atoms with Crippen LogP contribution in [0.1, 0.15) is 18.9 Å². The molecule has 106 valence electrons. The summed E-state index contributed by atoms with van der Waals surface area (Å²) in [6.45, 7) is 3.64. The Kier molecular flexibility index (Phi) is 6.57. The van der Waals surface area contributed by atoms with Crippen molar-refractivity contribution < 1.29 is 9.47 Å². The van der Waals surface area contributed by atoms with Gasteiger partial charge in [-0.2, -0.15) is 0 Å². The summed E-state index contributed by atoms with van der Waals surface area (Å²) in [7, 11) is 5.04. The van der Waals surface area contributed by atoms with Gasteiger partial charge in [-0.1, -0.05) is 19.1 Å². The molecule has 0 aliphatic heterocycles. The lowest BCUT2D eigenvalue weighted by molar-refractivity contribution is 0.351. The summed E-state index contributed by atoms with van der Waals surface area (Å²) in [6, 6.07) is 5.83. The van der Waals surface area contributed by atoms with E-state index in [1.165, 1.54) is 0 Å². The van der Waals surface area contributed by atoms with E-state index >= 15 is 0 Å². The van der Waals surface area contributed by atoms with Crippen molar-refractivity contribution in [3.63, 3.8) is 0 Å². The minimum absolute atomic E-state index is 0.629. The number of benzene rings is 1.